The van der Waals surface area contributed by atoms with Crippen LogP contribution in [-0.4, -0.2) is 19.3 Å². The number of rotatable bonds is 9. The molecular weight excluding hydrogens is 345 g/mol. The molecule has 25 heavy (non-hydrogen) atoms. The lowest BCUT2D eigenvalue weighted by molar-refractivity contribution is 0.133. The van der Waals surface area contributed by atoms with Crippen molar-refractivity contribution in [3.63, 3.8) is 0 Å². The average molecular weight is 367 g/mol. The van der Waals surface area contributed by atoms with E-state index in [4.69, 9.17) is 18.2 Å². The summed E-state index contributed by atoms with van der Waals surface area (Å²) in [6.45, 7) is 3.80. The van der Waals surface area contributed by atoms with Crippen molar-refractivity contribution >= 4 is 13.7 Å². The van der Waals surface area contributed by atoms with Crippen LogP contribution >= 0.6 is 7.60 Å². The van der Waals surface area contributed by atoms with Gasteiger partial charge >= 0.3 is 13.7 Å². The van der Waals surface area contributed by atoms with Crippen molar-refractivity contribution in [2.75, 3.05) is 13.2 Å². The zero-order valence-corrected chi connectivity index (χ0v) is 15.1. The standard InChI is InChI=1S/C17H22NO6P/c1-3-23-25(20,24-4-2)16(15-11-8-12-21-15)18-17(19)22-13-14-9-6-5-7-10-14/h5-12,16H,3-4,13H2,1-2H3,(H,18,19). The second kappa shape index (κ2) is 9.42. The molecule has 2 rings (SSSR count). The molecule has 0 aliphatic rings. The summed E-state index contributed by atoms with van der Waals surface area (Å²) < 4.78 is 34.2. The summed E-state index contributed by atoms with van der Waals surface area (Å²) in [5.41, 5.74) is 0.838. The van der Waals surface area contributed by atoms with Crippen LogP contribution in [0.1, 0.15) is 31.0 Å². The van der Waals surface area contributed by atoms with E-state index >= 15 is 0 Å². The first-order valence-electron chi connectivity index (χ1n) is 7.98. The summed E-state index contributed by atoms with van der Waals surface area (Å²) in [5.74, 6) is -0.826. The Balaban J connectivity index is 2.10. The lowest BCUT2D eigenvalue weighted by atomic mass is 10.2. The molecule has 0 aliphatic carbocycles. The van der Waals surface area contributed by atoms with Crippen LogP contribution in [0.15, 0.2) is 53.1 Å². The van der Waals surface area contributed by atoms with E-state index in [1.165, 1.54) is 6.26 Å². The lowest BCUT2D eigenvalue weighted by Gasteiger charge is -2.25. The van der Waals surface area contributed by atoms with Gasteiger partial charge in [0.05, 0.1) is 19.5 Å². The molecule has 136 valence electrons. The Morgan fingerprint density at radius 3 is 2.36 bits per heavy atom. The summed E-state index contributed by atoms with van der Waals surface area (Å²) >= 11 is 0. The summed E-state index contributed by atoms with van der Waals surface area (Å²) in [6, 6.07) is 12.5. The molecule has 1 heterocycles. The fourth-order valence-electron chi connectivity index (χ4n) is 2.18. The van der Waals surface area contributed by atoms with E-state index < -0.39 is 19.5 Å². The first kappa shape index (κ1) is 19.2. The first-order valence-corrected chi connectivity index (χ1v) is 9.59. The molecule has 0 saturated carbocycles. The molecule has 1 aromatic carbocycles. The van der Waals surface area contributed by atoms with Gasteiger partial charge in [0.25, 0.3) is 0 Å². The highest BCUT2D eigenvalue weighted by Gasteiger charge is 2.40. The normalized spacial score (nSPS) is 12.6. The molecule has 8 heteroatoms. The van der Waals surface area contributed by atoms with Crippen molar-refractivity contribution in [2.24, 2.45) is 0 Å². The van der Waals surface area contributed by atoms with Gasteiger partial charge in [-0.2, -0.15) is 0 Å². The summed E-state index contributed by atoms with van der Waals surface area (Å²) in [6.07, 6.45) is 0.673. The van der Waals surface area contributed by atoms with Gasteiger partial charge in [-0.1, -0.05) is 30.3 Å². The van der Waals surface area contributed by atoms with Gasteiger partial charge in [-0.05, 0) is 31.5 Å². The molecule has 1 N–H and O–H groups in total. The fourth-order valence-corrected chi connectivity index (χ4v) is 3.99. The summed E-state index contributed by atoms with van der Waals surface area (Å²) in [7, 11) is -3.67. The number of ether oxygens (including phenoxy) is 1. The highest BCUT2D eigenvalue weighted by molar-refractivity contribution is 7.54. The minimum Gasteiger partial charge on any atom is -0.466 e. The molecule has 0 saturated heterocycles. The van der Waals surface area contributed by atoms with Crippen LogP contribution < -0.4 is 5.32 Å². The van der Waals surface area contributed by atoms with E-state index in [9.17, 15) is 9.36 Å². The Kier molecular flexibility index (Phi) is 7.25. The zero-order valence-electron chi connectivity index (χ0n) is 14.2. The van der Waals surface area contributed by atoms with Crippen molar-refractivity contribution in [1.82, 2.24) is 5.32 Å². The van der Waals surface area contributed by atoms with Crippen LogP contribution in [0.4, 0.5) is 4.79 Å². The molecule has 1 unspecified atom stereocenters. The number of carbonyl (C=O) groups is 1. The van der Waals surface area contributed by atoms with Gasteiger partial charge in [-0.25, -0.2) is 4.79 Å². The molecule has 2 aromatic rings. The number of carbonyl (C=O) groups excluding carboxylic acids is 1. The Bertz CT molecular complexity index is 678. The van der Waals surface area contributed by atoms with Crippen LogP contribution in [0, 0.1) is 0 Å². The average Bonchev–Trinajstić information content (AvgIpc) is 3.13. The quantitative estimate of drug-likeness (QED) is 0.658. The first-order chi connectivity index (χ1) is 12.1. The zero-order chi connectivity index (χ0) is 18.1. The van der Waals surface area contributed by atoms with E-state index in [0.717, 1.165) is 5.56 Å². The molecule has 1 aromatic heterocycles. The van der Waals surface area contributed by atoms with Gasteiger partial charge in [0.2, 0.25) is 0 Å². The summed E-state index contributed by atoms with van der Waals surface area (Å²) in [5, 5.41) is 2.53. The predicted octanol–water partition coefficient (Wildman–Crippen LogP) is 4.47. The van der Waals surface area contributed by atoms with Crippen molar-refractivity contribution in [3.05, 3.63) is 60.1 Å². The molecule has 0 bridgehead atoms. The Morgan fingerprint density at radius 1 is 1.12 bits per heavy atom. The SMILES string of the molecule is CCOP(=O)(OCC)C(NC(=O)OCc1ccccc1)c1ccco1. The van der Waals surface area contributed by atoms with Crippen molar-refractivity contribution in [3.8, 4) is 0 Å². The number of nitrogens with one attached hydrogen (secondary N) is 1. The summed E-state index contributed by atoms with van der Waals surface area (Å²) in [4.78, 5) is 12.2. The predicted molar refractivity (Wildman–Crippen MR) is 92.1 cm³/mol. The number of amides is 1. The smallest absolute Gasteiger partial charge is 0.408 e. The van der Waals surface area contributed by atoms with E-state index in [1.807, 2.05) is 30.3 Å². The largest absolute Gasteiger partial charge is 0.466 e. The van der Waals surface area contributed by atoms with Crippen LogP contribution in [-0.2, 0) is 25.0 Å². The third-order valence-corrected chi connectivity index (χ3v) is 5.47. The second-order valence-corrected chi connectivity index (χ2v) is 7.11. The van der Waals surface area contributed by atoms with Gasteiger partial charge in [0, 0.05) is 0 Å². The van der Waals surface area contributed by atoms with Crippen LogP contribution in [0.2, 0.25) is 0 Å². The molecular formula is C17H22NO6P. The number of hydrogen-bond donors (Lipinski definition) is 1. The van der Waals surface area contributed by atoms with Crippen LogP contribution in [0.3, 0.4) is 0 Å². The molecule has 0 fully saturated rings. The van der Waals surface area contributed by atoms with Gasteiger partial charge in [0.1, 0.15) is 12.4 Å². The number of benzene rings is 1. The fraction of sp³-hybridized carbons (Fsp3) is 0.353. The van der Waals surface area contributed by atoms with Crippen molar-refractivity contribution in [1.29, 1.82) is 0 Å². The Hall–Kier alpha value is -2.08. The minimum atomic E-state index is -3.67. The van der Waals surface area contributed by atoms with E-state index in [2.05, 4.69) is 5.32 Å². The third-order valence-electron chi connectivity index (χ3n) is 3.21. The molecule has 7 nitrogen and oxygen atoms in total. The van der Waals surface area contributed by atoms with Gasteiger partial charge < -0.3 is 23.5 Å². The van der Waals surface area contributed by atoms with Gasteiger partial charge in [-0.3, -0.25) is 4.57 Å². The lowest BCUT2D eigenvalue weighted by Crippen LogP contribution is -2.30. The molecule has 1 amide bonds. The maximum Gasteiger partial charge on any atom is 0.408 e. The molecule has 0 radical (unpaired) electrons. The maximum atomic E-state index is 13.0. The van der Waals surface area contributed by atoms with Crippen LogP contribution in [0.5, 0.6) is 0 Å². The molecule has 0 aliphatic heterocycles. The molecule has 0 spiro atoms. The van der Waals surface area contributed by atoms with Crippen molar-refractivity contribution < 1.29 is 27.6 Å². The highest BCUT2D eigenvalue weighted by atomic mass is 31.2. The number of furan rings is 1. The maximum absolute atomic E-state index is 13.0. The van der Waals surface area contributed by atoms with Crippen molar-refractivity contribution in [2.45, 2.75) is 26.2 Å². The number of alkyl carbamates (subject to hydrolysis) is 1. The Labute approximate surface area is 146 Å². The monoisotopic (exact) mass is 367 g/mol. The van der Waals surface area contributed by atoms with Gasteiger partial charge in [0.15, 0.2) is 5.78 Å². The van der Waals surface area contributed by atoms with Crippen LogP contribution in [0.25, 0.3) is 0 Å². The van der Waals surface area contributed by atoms with E-state index in [1.54, 1.807) is 26.0 Å². The topological polar surface area (TPSA) is 87.0 Å². The number of hydrogen-bond acceptors (Lipinski definition) is 6. The van der Waals surface area contributed by atoms with Gasteiger partial charge in [-0.15, -0.1) is 0 Å². The Morgan fingerprint density at radius 2 is 1.80 bits per heavy atom. The van der Waals surface area contributed by atoms with E-state index in [-0.39, 0.29) is 25.6 Å². The third kappa shape index (κ3) is 5.46. The molecule has 1 atom stereocenters. The second-order valence-electron chi connectivity index (χ2n) is 5.00. The van der Waals surface area contributed by atoms with E-state index in [0.29, 0.717) is 0 Å². The minimum absolute atomic E-state index is 0.0884. The highest BCUT2D eigenvalue weighted by Crippen LogP contribution is 2.59.